The van der Waals surface area contributed by atoms with Gasteiger partial charge in [-0.25, -0.2) is 4.79 Å². The zero-order valence-electron chi connectivity index (χ0n) is 9.73. The molecule has 2 heterocycles. The van der Waals surface area contributed by atoms with Crippen LogP contribution in [0.1, 0.15) is 26.2 Å². The fraction of sp³-hybridized carbons (Fsp3) is 0.500. The molecule has 0 aromatic heterocycles. The highest BCUT2D eigenvalue weighted by molar-refractivity contribution is 6.09. The Hall–Kier alpha value is -1.78. The van der Waals surface area contributed by atoms with Crippen LogP contribution in [-0.4, -0.2) is 35.0 Å². The number of carbonyl (C=O) groups is 2. The second-order valence-corrected chi connectivity index (χ2v) is 3.99. The highest BCUT2D eigenvalue weighted by Crippen LogP contribution is 2.31. The first-order chi connectivity index (χ1) is 8.16. The quantitative estimate of drug-likeness (QED) is 0.734. The van der Waals surface area contributed by atoms with Crippen molar-refractivity contribution in [3.8, 4) is 0 Å². The Balaban J connectivity index is 2.37. The molecule has 0 spiro atoms. The van der Waals surface area contributed by atoms with Gasteiger partial charge in [-0.2, -0.15) is 0 Å². The molecule has 2 aliphatic heterocycles. The van der Waals surface area contributed by atoms with Gasteiger partial charge in [-0.1, -0.05) is 6.08 Å². The number of rotatable bonds is 2. The highest BCUT2D eigenvalue weighted by atomic mass is 16.5. The van der Waals surface area contributed by atoms with Crippen LogP contribution in [0.2, 0.25) is 0 Å². The molecule has 0 atom stereocenters. The number of amides is 1. The van der Waals surface area contributed by atoms with Crippen molar-refractivity contribution in [1.29, 1.82) is 0 Å². The summed E-state index contributed by atoms with van der Waals surface area (Å²) in [5, 5.41) is 9.72. The van der Waals surface area contributed by atoms with Crippen LogP contribution in [0.5, 0.6) is 0 Å². The molecule has 0 radical (unpaired) electrons. The molecular weight excluding hydrogens is 222 g/mol. The van der Waals surface area contributed by atoms with E-state index in [1.54, 1.807) is 6.92 Å². The Kier molecular flexibility index (Phi) is 3.17. The van der Waals surface area contributed by atoms with Gasteiger partial charge in [0.1, 0.15) is 5.57 Å². The molecule has 0 aliphatic carbocycles. The largest absolute Gasteiger partial charge is 0.502 e. The summed E-state index contributed by atoms with van der Waals surface area (Å²) < 4.78 is 4.86. The lowest BCUT2D eigenvalue weighted by molar-refractivity contribution is -0.138. The molecule has 5 nitrogen and oxygen atoms in total. The standard InChI is InChI=1S/C12H15NO4/c1-2-17-12(16)9-8-6-4-3-5-7-13(8)11(15)10(9)14/h6,14H,2-5,7H2,1H3. The fourth-order valence-corrected chi connectivity index (χ4v) is 2.09. The van der Waals surface area contributed by atoms with Crippen molar-refractivity contribution in [2.24, 2.45) is 0 Å². The molecule has 0 fully saturated rings. The third-order valence-electron chi connectivity index (χ3n) is 2.88. The molecule has 5 heteroatoms. The van der Waals surface area contributed by atoms with Crippen LogP contribution in [-0.2, 0) is 14.3 Å². The van der Waals surface area contributed by atoms with E-state index in [4.69, 9.17) is 4.74 Å². The Bertz CT molecular complexity index is 422. The maximum atomic E-state index is 11.8. The van der Waals surface area contributed by atoms with Gasteiger partial charge in [0, 0.05) is 6.54 Å². The number of allylic oxidation sites excluding steroid dienone is 1. The van der Waals surface area contributed by atoms with E-state index in [1.165, 1.54) is 4.90 Å². The monoisotopic (exact) mass is 237 g/mol. The number of hydrogen-bond acceptors (Lipinski definition) is 4. The van der Waals surface area contributed by atoms with Crippen LogP contribution in [0.25, 0.3) is 0 Å². The molecule has 0 unspecified atom stereocenters. The first-order valence-electron chi connectivity index (χ1n) is 5.79. The van der Waals surface area contributed by atoms with E-state index in [2.05, 4.69) is 0 Å². The van der Waals surface area contributed by atoms with E-state index in [-0.39, 0.29) is 12.2 Å². The van der Waals surface area contributed by atoms with Gasteiger partial charge in [-0.3, -0.25) is 4.79 Å². The summed E-state index contributed by atoms with van der Waals surface area (Å²) in [7, 11) is 0. The van der Waals surface area contributed by atoms with Crippen LogP contribution in [0.4, 0.5) is 0 Å². The maximum absolute atomic E-state index is 11.8. The highest BCUT2D eigenvalue weighted by Gasteiger charge is 2.39. The third-order valence-corrected chi connectivity index (χ3v) is 2.88. The number of aliphatic hydroxyl groups excluding tert-OH is 1. The van der Waals surface area contributed by atoms with Gasteiger partial charge in [0.15, 0.2) is 5.76 Å². The SMILES string of the molecule is CCOC(=O)C1=C(O)C(=O)N2CCCCC=C12. The number of carbonyl (C=O) groups excluding carboxylic acids is 2. The average molecular weight is 237 g/mol. The lowest BCUT2D eigenvalue weighted by Crippen LogP contribution is -2.26. The van der Waals surface area contributed by atoms with Crippen LogP contribution in [0, 0.1) is 0 Å². The minimum Gasteiger partial charge on any atom is -0.502 e. The zero-order valence-corrected chi connectivity index (χ0v) is 9.73. The van der Waals surface area contributed by atoms with Gasteiger partial charge in [0.2, 0.25) is 0 Å². The first-order valence-corrected chi connectivity index (χ1v) is 5.79. The lowest BCUT2D eigenvalue weighted by Gasteiger charge is -2.16. The molecule has 0 saturated heterocycles. The Morgan fingerprint density at radius 2 is 2.29 bits per heavy atom. The van der Waals surface area contributed by atoms with Gasteiger partial charge in [0.25, 0.3) is 5.91 Å². The van der Waals surface area contributed by atoms with E-state index in [9.17, 15) is 14.7 Å². The van der Waals surface area contributed by atoms with Gasteiger partial charge >= 0.3 is 5.97 Å². The summed E-state index contributed by atoms with van der Waals surface area (Å²) in [5.41, 5.74) is 0.516. The van der Waals surface area contributed by atoms with Crippen molar-refractivity contribution in [3.05, 3.63) is 23.1 Å². The summed E-state index contributed by atoms with van der Waals surface area (Å²) >= 11 is 0. The van der Waals surface area contributed by atoms with E-state index in [1.807, 2.05) is 6.08 Å². The van der Waals surface area contributed by atoms with Crippen molar-refractivity contribution in [3.63, 3.8) is 0 Å². The van der Waals surface area contributed by atoms with Gasteiger partial charge in [0.05, 0.1) is 12.3 Å². The van der Waals surface area contributed by atoms with Gasteiger partial charge < -0.3 is 14.7 Å². The maximum Gasteiger partial charge on any atom is 0.344 e. The number of ether oxygens (including phenoxy) is 1. The van der Waals surface area contributed by atoms with Crippen molar-refractivity contribution >= 4 is 11.9 Å². The number of hydrogen-bond donors (Lipinski definition) is 1. The van der Waals surface area contributed by atoms with E-state index >= 15 is 0 Å². The summed E-state index contributed by atoms with van der Waals surface area (Å²) in [5.74, 6) is -1.62. The lowest BCUT2D eigenvalue weighted by atomic mass is 10.1. The summed E-state index contributed by atoms with van der Waals surface area (Å²) in [6.45, 7) is 2.44. The molecule has 0 aromatic rings. The van der Waals surface area contributed by atoms with Crippen molar-refractivity contribution < 1.29 is 19.4 Å². The molecule has 17 heavy (non-hydrogen) atoms. The zero-order chi connectivity index (χ0) is 12.4. The predicted octanol–water partition coefficient (Wildman–Crippen LogP) is 1.27. The second kappa shape index (κ2) is 4.61. The molecule has 92 valence electrons. The van der Waals surface area contributed by atoms with Crippen LogP contribution >= 0.6 is 0 Å². The molecule has 1 amide bonds. The normalized spacial score (nSPS) is 19.9. The number of fused-ring (bicyclic) bond motifs is 1. The minimum atomic E-state index is -0.631. The number of aliphatic hydroxyl groups is 1. The minimum absolute atomic E-state index is 0.0127. The molecule has 2 rings (SSSR count). The Morgan fingerprint density at radius 3 is 3.00 bits per heavy atom. The fourth-order valence-electron chi connectivity index (χ4n) is 2.09. The van der Waals surface area contributed by atoms with Crippen LogP contribution in [0.3, 0.4) is 0 Å². The topological polar surface area (TPSA) is 66.8 Å². The van der Waals surface area contributed by atoms with Crippen LogP contribution in [0.15, 0.2) is 23.1 Å². The molecule has 0 aromatic carbocycles. The van der Waals surface area contributed by atoms with E-state index in [0.717, 1.165) is 19.3 Å². The van der Waals surface area contributed by atoms with Crippen molar-refractivity contribution in [2.75, 3.05) is 13.2 Å². The number of nitrogens with zero attached hydrogens (tertiary/aromatic N) is 1. The van der Waals surface area contributed by atoms with E-state index < -0.39 is 17.6 Å². The second-order valence-electron chi connectivity index (χ2n) is 3.99. The molecular formula is C12H15NO4. The average Bonchev–Trinajstić information content (AvgIpc) is 2.49. The Morgan fingerprint density at radius 1 is 1.53 bits per heavy atom. The predicted molar refractivity (Wildman–Crippen MR) is 59.9 cm³/mol. The Labute approximate surface area is 99.4 Å². The number of esters is 1. The molecule has 0 bridgehead atoms. The van der Waals surface area contributed by atoms with Crippen molar-refractivity contribution in [1.82, 2.24) is 4.90 Å². The van der Waals surface area contributed by atoms with Crippen LogP contribution < -0.4 is 0 Å². The van der Waals surface area contributed by atoms with Gasteiger partial charge in [-0.05, 0) is 26.2 Å². The summed E-state index contributed by atoms with van der Waals surface area (Å²) in [6.07, 6.45) is 4.47. The van der Waals surface area contributed by atoms with Crippen molar-refractivity contribution in [2.45, 2.75) is 26.2 Å². The summed E-state index contributed by atoms with van der Waals surface area (Å²) in [6, 6.07) is 0. The molecule has 0 saturated carbocycles. The molecule has 1 N–H and O–H groups in total. The summed E-state index contributed by atoms with van der Waals surface area (Å²) in [4.78, 5) is 24.9. The van der Waals surface area contributed by atoms with E-state index in [0.29, 0.717) is 12.2 Å². The smallest absolute Gasteiger partial charge is 0.344 e. The third kappa shape index (κ3) is 1.92. The molecule has 2 aliphatic rings. The van der Waals surface area contributed by atoms with Gasteiger partial charge in [-0.15, -0.1) is 0 Å². The first kappa shape index (κ1) is 11.7.